The summed E-state index contributed by atoms with van der Waals surface area (Å²) in [4.78, 5) is 38.3. The standard InChI is InChI=1S/C73H120O6/c1-4-7-10-13-16-19-22-25-28-30-32-34-36-38-40-42-45-48-51-54-57-60-63-66-72(75)78-69-70(68-77-71(74)65-62-59-56-53-50-47-44-27-24-21-18-15-12-9-6-3)79-73(76)67-64-61-58-55-52-49-46-43-41-39-37-35-33-31-29-26-23-20-17-14-11-8-5-2/h7,9-10,12,16,18-19,21,25,27-28,31-34,38,40,44,50,53,59,62,70H,4-6,8,11,13-15,17,20,22-24,26,29-30,35-37,39,41-43,45-49,51-52,54-58,60-61,63-69H2,1-3H3/b10-7-,12-9-,19-16-,21-18-,28-25-,33-31-,34-32-,40-38-,44-27-,53-50-,62-59-. The summed E-state index contributed by atoms with van der Waals surface area (Å²) >= 11 is 0. The molecule has 6 heteroatoms. The molecule has 0 heterocycles. The summed E-state index contributed by atoms with van der Waals surface area (Å²) in [5, 5.41) is 0. The minimum Gasteiger partial charge on any atom is -0.462 e. The fourth-order valence-corrected chi connectivity index (χ4v) is 8.83. The number of allylic oxidation sites excluding steroid dienone is 21. The molecule has 0 aromatic heterocycles. The molecule has 0 rings (SSSR count). The molecule has 0 aliphatic carbocycles. The predicted octanol–water partition coefficient (Wildman–Crippen LogP) is 22.5. The topological polar surface area (TPSA) is 78.9 Å². The molecule has 0 amide bonds. The lowest BCUT2D eigenvalue weighted by molar-refractivity contribution is -0.166. The van der Waals surface area contributed by atoms with Gasteiger partial charge in [-0.1, -0.05) is 289 Å². The normalized spacial score (nSPS) is 13.0. The zero-order valence-electron chi connectivity index (χ0n) is 51.3. The predicted molar refractivity (Wildman–Crippen MR) is 343 cm³/mol. The van der Waals surface area contributed by atoms with Crippen LogP contribution in [0.5, 0.6) is 0 Å². The average Bonchev–Trinajstić information content (AvgIpc) is 3.45. The Morgan fingerprint density at radius 2 is 0.544 bits per heavy atom. The number of esters is 3. The quantitative estimate of drug-likeness (QED) is 0.0261. The van der Waals surface area contributed by atoms with E-state index in [9.17, 15) is 14.4 Å². The Labute approximate surface area is 487 Å². The number of carbonyl (C=O) groups is 3. The summed E-state index contributed by atoms with van der Waals surface area (Å²) in [6.07, 6.45) is 93.4. The maximum Gasteiger partial charge on any atom is 0.309 e. The van der Waals surface area contributed by atoms with E-state index >= 15 is 0 Å². The third-order valence-corrected chi connectivity index (χ3v) is 13.7. The maximum absolute atomic E-state index is 12.9. The molecule has 0 N–H and O–H groups in total. The van der Waals surface area contributed by atoms with Crippen molar-refractivity contribution in [2.24, 2.45) is 0 Å². The van der Waals surface area contributed by atoms with Crippen molar-refractivity contribution in [1.29, 1.82) is 0 Å². The van der Waals surface area contributed by atoms with E-state index in [1.807, 2.05) is 6.08 Å². The van der Waals surface area contributed by atoms with Gasteiger partial charge in [-0.05, 0) is 116 Å². The van der Waals surface area contributed by atoms with Crippen molar-refractivity contribution in [3.63, 3.8) is 0 Å². The van der Waals surface area contributed by atoms with E-state index in [4.69, 9.17) is 14.2 Å². The molecule has 0 aromatic rings. The lowest BCUT2D eigenvalue weighted by atomic mass is 10.0. The van der Waals surface area contributed by atoms with Crippen molar-refractivity contribution in [2.75, 3.05) is 13.2 Å². The van der Waals surface area contributed by atoms with Crippen LogP contribution in [0.2, 0.25) is 0 Å². The highest BCUT2D eigenvalue weighted by Crippen LogP contribution is 2.16. The van der Waals surface area contributed by atoms with Crippen molar-refractivity contribution in [2.45, 2.75) is 297 Å². The van der Waals surface area contributed by atoms with E-state index in [2.05, 4.69) is 142 Å². The lowest BCUT2D eigenvalue weighted by Crippen LogP contribution is -2.30. The van der Waals surface area contributed by atoms with E-state index in [1.165, 1.54) is 141 Å². The molecule has 6 nitrogen and oxygen atoms in total. The molecule has 0 aliphatic heterocycles. The summed E-state index contributed by atoms with van der Waals surface area (Å²) in [5.74, 6) is -1.06. The highest BCUT2D eigenvalue weighted by atomic mass is 16.6. The highest BCUT2D eigenvalue weighted by Gasteiger charge is 2.19. The second kappa shape index (κ2) is 66.1. The molecule has 448 valence electrons. The zero-order valence-corrected chi connectivity index (χ0v) is 51.3. The second-order valence-corrected chi connectivity index (χ2v) is 21.3. The first kappa shape index (κ1) is 74.5. The lowest BCUT2D eigenvalue weighted by Gasteiger charge is -2.18. The molecule has 0 aliphatic rings. The summed E-state index contributed by atoms with van der Waals surface area (Å²) < 4.78 is 16.8. The Bertz CT molecular complexity index is 1680. The van der Waals surface area contributed by atoms with Crippen LogP contribution in [0.15, 0.2) is 134 Å². The zero-order chi connectivity index (χ0) is 57.1. The van der Waals surface area contributed by atoms with Crippen LogP contribution >= 0.6 is 0 Å². The summed E-state index contributed by atoms with van der Waals surface area (Å²) in [5.41, 5.74) is 0. The van der Waals surface area contributed by atoms with Crippen molar-refractivity contribution in [3.8, 4) is 0 Å². The largest absolute Gasteiger partial charge is 0.462 e. The van der Waals surface area contributed by atoms with Gasteiger partial charge in [0, 0.05) is 12.8 Å². The monoisotopic (exact) mass is 1090 g/mol. The van der Waals surface area contributed by atoms with Crippen LogP contribution in [0, 0.1) is 0 Å². The Hall–Kier alpha value is -4.45. The molecule has 0 radical (unpaired) electrons. The molecule has 1 atom stereocenters. The first-order valence-corrected chi connectivity index (χ1v) is 32.7. The molecule has 0 saturated carbocycles. The molecule has 0 aromatic carbocycles. The molecule has 0 bridgehead atoms. The van der Waals surface area contributed by atoms with Gasteiger partial charge in [-0.25, -0.2) is 0 Å². The van der Waals surface area contributed by atoms with E-state index in [0.29, 0.717) is 12.8 Å². The molecule has 1 unspecified atom stereocenters. The Balaban J connectivity index is 4.45. The van der Waals surface area contributed by atoms with Gasteiger partial charge in [0.1, 0.15) is 13.2 Å². The van der Waals surface area contributed by atoms with E-state index in [-0.39, 0.29) is 31.6 Å². The molecule has 0 fully saturated rings. The van der Waals surface area contributed by atoms with Crippen molar-refractivity contribution in [3.05, 3.63) is 134 Å². The third kappa shape index (κ3) is 64.3. The minimum atomic E-state index is -0.829. The van der Waals surface area contributed by atoms with Gasteiger partial charge in [0.15, 0.2) is 6.10 Å². The van der Waals surface area contributed by atoms with Gasteiger partial charge < -0.3 is 14.2 Å². The smallest absolute Gasteiger partial charge is 0.309 e. The van der Waals surface area contributed by atoms with Crippen molar-refractivity contribution < 1.29 is 28.6 Å². The third-order valence-electron chi connectivity index (χ3n) is 13.7. The van der Waals surface area contributed by atoms with Gasteiger partial charge in [-0.15, -0.1) is 0 Å². The van der Waals surface area contributed by atoms with E-state index < -0.39 is 12.1 Å². The van der Waals surface area contributed by atoms with Crippen molar-refractivity contribution >= 4 is 17.9 Å². The summed E-state index contributed by atoms with van der Waals surface area (Å²) in [6.45, 7) is 6.33. The molecule has 0 spiro atoms. The van der Waals surface area contributed by atoms with Crippen LogP contribution in [0.3, 0.4) is 0 Å². The van der Waals surface area contributed by atoms with Crippen molar-refractivity contribution in [1.82, 2.24) is 0 Å². The van der Waals surface area contributed by atoms with Crippen LogP contribution in [0.4, 0.5) is 0 Å². The first-order chi connectivity index (χ1) is 39.0. The fraction of sp³-hybridized carbons (Fsp3) is 0.658. The Morgan fingerprint density at radius 1 is 0.278 bits per heavy atom. The number of hydrogen-bond acceptors (Lipinski definition) is 6. The van der Waals surface area contributed by atoms with Crippen LogP contribution in [0.25, 0.3) is 0 Å². The van der Waals surface area contributed by atoms with E-state index in [1.54, 1.807) is 6.08 Å². The van der Waals surface area contributed by atoms with Crippen LogP contribution in [-0.2, 0) is 28.6 Å². The Kier molecular flexibility index (Phi) is 62.3. The van der Waals surface area contributed by atoms with Gasteiger partial charge in [-0.3, -0.25) is 14.4 Å². The van der Waals surface area contributed by atoms with Crippen LogP contribution < -0.4 is 0 Å². The van der Waals surface area contributed by atoms with Gasteiger partial charge in [0.2, 0.25) is 0 Å². The van der Waals surface area contributed by atoms with Crippen LogP contribution in [-0.4, -0.2) is 37.2 Å². The summed E-state index contributed by atoms with van der Waals surface area (Å²) in [6, 6.07) is 0. The molecular formula is C73H120O6. The average molecular weight is 1090 g/mol. The SMILES string of the molecule is CC/C=C\C/C=C\C/C=C\C/C=C\C/C=C\CCCCCCCCCC(=O)OCC(COC(=O)C/C=C\C/C=C\C/C=C\C/C=C\C/C=C\CC)OC(=O)CCCCCCCCCCCCC/C=C\CCCCCCCCCC. The number of unbranched alkanes of at least 4 members (excludes halogenated alkanes) is 26. The fourth-order valence-electron chi connectivity index (χ4n) is 8.83. The maximum atomic E-state index is 12.9. The number of ether oxygens (including phenoxy) is 3. The molecular weight excluding hydrogens is 973 g/mol. The first-order valence-electron chi connectivity index (χ1n) is 32.7. The van der Waals surface area contributed by atoms with Gasteiger partial charge in [-0.2, -0.15) is 0 Å². The highest BCUT2D eigenvalue weighted by molar-refractivity contribution is 5.72. The number of hydrogen-bond donors (Lipinski definition) is 0. The van der Waals surface area contributed by atoms with Gasteiger partial charge in [0.05, 0.1) is 6.42 Å². The minimum absolute atomic E-state index is 0.117. The van der Waals surface area contributed by atoms with Gasteiger partial charge >= 0.3 is 17.9 Å². The second-order valence-electron chi connectivity index (χ2n) is 21.3. The van der Waals surface area contributed by atoms with E-state index in [0.717, 1.165) is 109 Å². The molecule has 0 saturated heterocycles. The van der Waals surface area contributed by atoms with Crippen LogP contribution in [0.1, 0.15) is 290 Å². The Morgan fingerprint density at radius 3 is 0.899 bits per heavy atom. The van der Waals surface area contributed by atoms with Gasteiger partial charge in [0.25, 0.3) is 0 Å². The summed E-state index contributed by atoms with van der Waals surface area (Å²) in [7, 11) is 0. The number of carbonyl (C=O) groups excluding carboxylic acids is 3. The number of rotatable bonds is 58. The molecule has 79 heavy (non-hydrogen) atoms.